The second-order valence-electron chi connectivity index (χ2n) is 38.5. The fraction of sp³-hybridized carbons (Fsp3) is 0.936. The summed E-state index contributed by atoms with van der Waals surface area (Å²) in [4.78, 5) is 129. The summed E-state index contributed by atoms with van der Waals surface area (Å²) < 4.78 is 80.3. The lowest BCUT2D eigenvalue weighted by Gasteiger charge is -2.47. The molecule has 22 atom stereocenters. The number of aliphatic hydroxyl groups is 4. The van der Waals surface area contributed by atoms with Crippen molar-refractivity contribution in [3.8, 4) is 0 Å². The number of aliphatic hydroxyl groups excluding tert-OH is 4. The van der Waals surface area contributed by atoms with Gasteiger partial charge in [-0.15, -0.1) is 0 Å². The molecule has 0 aromatic carbocycles. The van der Waals surface area contributed by atoms with E-state index in [1.807, 2.05) is 0 Å². The Morgan fingerprint density at radius 1 is 0.366 bits per heavy atom. The van der Waals surface area contributed by atoms with Gasteiger partial charge in [-0.2, -0.15) is 0 Å². The molecule has 0 aromatic rings. The van der Waals surface area contributed by atoms with Crippen LogP contribution in [0.5, 0.6) is 0 Å². The number of carbonyl (C=O) groups excluding carboxylic acids is 6. The van der Waals surface area contributed by atoms with Crippen molar-refractivity contribution in [1.82, 2.24) is 10.6 Å². The molecular formula is C94H178N2O25P2. The van der Waals surface area contributed by atoms with Gasteiger partial charge in [0.2, 0.25) is 11.8 Å². The number of nitrogens with one attached hydrogen (secondary N) is 2. The summed E-state index contributed by atoms with van der Waals surface area (Å²) in [6, 6.07) is -3.90. The van der Waals surface area contributed by atoms with Gasteiger partial charge in [0, 0.05) is 12.8 Å². The highest BCUT2D eigenvalue weighted by Gasteiger charge is 2.55. The van der Waals surface area contributed by atoms with Crippen molar-refractivity contribution in [1.29, 1.82) is 0 Å². The molecule has 2 aliphatic heterocycles. The number of unbranched alkanes of at least 4 members (excludes halogenated alkanes) is 22. The first kappa shape index (κ1) is 116. The molecule has 0 aromatic heterocycles. The van der Waals surface area contributed by atoms with Gasteiger partial charge >= 0.3 is 39.5 Å². The van der Waals surface area contributed by atoms with Gasteiger partial charge in [0.25, 0.3) is 0 Å². The monoisotopic (exact) mass is 1800 g/mol. The van der Waals surface area contributed by atoms with Crippen LogP contribution in [0, 0.1) is 71.0 Å². The van der Waals surface area contributed by atoms with Crippen molar-refractivity contribution in [3.63, 3.8) is 0 Å². The maximum absolute atomic E-state index is 14.9. The van der Waals surface area contributed by atoms with E-state index in [9.17, 15) is 77.9 Å². The quantitative estimate of drug-likeness (QED) is 0.0117. The normalized spacial score (nSPS) is 22.7. The van der Waals surface area contributed by atoms with Crippen LogP contribution in [-0.4, -0.2) is 175 Å². The number of esters is 4. The molecule has 2 saturated heterocycles. The average molecular weight is 1800 g/mol. The Hall–Kier alpha value is -3.24. The van der Waals surface area contributed by atoms with Crippen LogP contribution in [0.25, 0.3) is 0 Å². The van der Waals surface area contributed by atoms with Crippen LogP contribution in [0.4, 0.5) is 0 Å². The Kier molecular flexibility index (Phi) is 60.8. The fourth-order valence-corrected chi connectivity index (χ4v) is 17.7. The van der Waals surface area contributed by atoms with Crippen molar-refractivity contribution in [3.05, 3.63) is 0 Å². The third-order valence-electron chi connectivity index (χ3n) is 26.9. The van der Waals surface area contributed by atoms with Crippen molar-refractivity contribution >= 4 is 51.3 Å². The van der Waals surface area contributed by atoms with Gasteiger partial charge in [-0.1, -0.05) is 304 Å². The number of phosphoric acid groups is 2. The largest absolute Gasteiger partial charge is 0.472 e. The van der Waals surface area contributed by atoms with Crippen LogP contribution in [-0.2, 0) is 80.1 Å². The van der Waals surface area contributed by atoms with Crippen LogP contribution >= 0.6 is 15.6 Å². The van der Waals surface area contributed by atoms with Gasteiger partial charge in [0.1, 0.15) is 48.7 Å². The lowest BCUT2D eigenvalue weighted by molar-refractivity contribution is -0.297. The van der Waals surface area contributed by atoms with E-state index in [2.05, 4.69) is 135 Å². The number of hydrogen-bond acceptors (Lipinski definition) is 21. The molecule has 0 spiro atoms. The van der Waals surface area contributed by atoms with Crippen molar-refractivity contribution in [2.75, 3.05) is 13.2 Å². The van der Waals surface area contributed by atoms with Crippen LogP contribution in [0.3, 0.4) is 0 Å². The predicted molar refractivity (Wildman–Crippen MR) is 480 cm³/mol. The van der Waals surface area contributed by atoms with E-state index in [0.717, 1.165) is 161 Å². The standard InChI is InChI=1S/C94H178N2O25P2/c1-19-21-23-25-27-29-31-41-55-83(102)114-77(53-45-43-49-69(13)73(17)71(15)65(7)8)59-85(104)118-91-87(95-81(100)57-75(98)51-39-35-33-37-47-67(11)63(3)4)94(121-123(110,111)112)117-80(89(91)106)62-113-93-88(96-82(101)58-76(99)52-40-36-34-38-48-68(12)64(5)6)92(90(79(61-97)116-93)120-122(107,108)109)119-86(105)60-78(54-46-44-50-70(14)74(18)72(16)66(9)10)115-84(103)56-42-32-30-28-26-24-22-20-2/h63-80,87-94,97-99,106H,19-62H2,1-18H3,(H,95,100)(H,96,101)(H2,107,108,109)(H2,110,111,112)/t67-,68+,69-,70-,71+,72+,73+,74+,75?,76+,77?,78?,79+,80+,87+,88+,89+,90+,91+,92+,93+,94+/m0/s1. The summed E-state index contributed by atoms with van der Waals surface area (Å²) in [5.41, 5.74) is 0. The molecular weight excluding hydrogens is 1620 g/mol. The lowest BCUT2D eigenvalue weighted by atomic mass is 9.77. The molecule has 10 N–H and O–H groups in total. The minimum atomic E-state index is -5.72. The molecule has 27 nitrogen and oxygen atoms in total. The molecule has 2 rings (SSSR count). The Labute approximate surface area is 742 Å². The van der Waals surface area contributed by atoms with E-state index in [-0.39, 0.29) is 38.5 Å². The molecule has 0 bridgehead atoms. The summed E-state index contributed by atoms with van der Waals surface area (Å²) in [7, 11) is -11.4. The van der Waals surface area contributed by atoms with Gasteiger partial charge in [-0.05, 0) is 122 Å². The average Bonchev–Trinajstić information content (AvgIpc) is 0.778. The van der Waals surface area contributed by atoms with Crippen LogP contribution < -0.4 is 10.6 Å². The van der Waals surface area contributed by atoms with Crippen molar-refractivity contribution in [2.24, 2.45) is 71.0 Å². The fourth-order valence-electron chi connectivity index (χ4n) is 16.6. The Morgan fingerprint density at radius 3 is 1.07 bits per heavy atom. The molecule has 3 unspecified atom stereocenters. The molecule has 724 valence electrons. The molecule has 123 heavy (non-hydrogen) atoms. The predicted octanol–water partition coefficient (Wildman–Crippen LogP) is 18.9. The number of carbonyl (C=O) groups is 6. The van der Waals surface area contributed by atoms with E-state index in [1.54, 1.807) is 0 Å². The molecule has 29 heteroatoms. The van der Waals surface area contributed by atoms with Crippen LogP contribution in [0.1, 0.15) is 394 Å². The summed E-state index contributed by atoms with van der Waals surface area (Å²) >= 11 is 0. The van der Waals surface area contributed by atoms with Gasteiger partial charge < -0.3 is 83.8 Å². The number of hydrogen-bond donors (Lipinski definition) is 10. The number of ether oxygens (including phenoxy) is 7. The second-order valence-corrected chi connectivity index (χ2v) is 40.9. The number of amides is 2. The molecule has 0 radical (unpaired) electrons. The van der Waals surface area contributed by atoms with Gasteiger partial charge in [-0.3, -0.25) is 37.8 Å². The van der Waals surface area contributed by atoms with Gasteiger partial charge in [0.15, 0.2) is 24.8 Å². The Bertz CT molecular complexity index is 2920. The SMILES string of the molecule is CCCCCCCCCCC(=O)OC(CCCC[C@H](C)[C@@H](C)[C@H](C)C(C)C)CC(=O)O[C@@H]1[C@@H](NC(=O)C[C@H](O)CCCCCC[C@@H](C)C(C)C)[C@H](OC[C@H]2O[C@H](OP(=O)(O)O)[C@H](NC(=O)CC(O)CCCCCC[C@H](C)C(C)C)[C@@H](OC(=O)CC(CCCC[C@H](C)[C@@H](C)[C@H](C)C(C)C)OC(=O)CCCCCCCCCC)[C@@H]2O)O[C@H](CO)[C@H]1OP(=O)(O)O. The maximum Gasteiger partial charge on any atom is 0.472 e. The lowest BCUT2D eigenvalue weighted by Crippen LogP contribution is -2.68. The first-order valence-electron chi connectivity index (χ1n) is 48.4. The summed E-state index contributed by atoms with van der Waals surface area (Å²) in [5.74, 6) is 0.271. The topological polar surface area (TPSA) is 406 Å². The zero-order chi connectivity index (χ0) is 92.4. The third-order valence-corrected chi connectivity index (χ3v) is 27.9. The summed E-state index contributed by atoms with van der Waals surface area (Å²) in [5, 5.41) is 51.9. The second kappa shape index (κ2) is 64.5. The van der Waals surface area contributed by atoms with E-state index < -0.39 is 176 Å². The molecule has 0 aliphatic carbocycles. The highest BCUT2D eigenvalue weighted by molar-refractivity contribution is 7.46. The minimum Gasteiger partial charge on any atom is -0.462 e. The molecule has 2 aliphatic rings. The van der Waals surface area contributed by atoms with Gasteiger partial charge in [0.05, 0.1) is 51.1 Å². The van der Waals surface area contributed by atoms with E-state index >= 15 is 0 Å². The summed E-state index contributed by atoms with van der Waals surface area (Å²) in [6.45, 7) is 37.4. The van der Waals surface area contributed by atoms with Crippen LogP contribution in [0.15, 0.2) is 0 Å². The van der Waals surface area contributed by atoms with Crippen LogP contribution in [0.2, 0.25) is 0 Å². The zero-order valence-corrected chi connectivity index (χ0v) is 81.3. The molecule has 2 fully saturated rings. The molecule has 2 heterocycles. The van der Waals surface area contributed by atoms with E-state index in [1.165, 1.54) is 0 Å². The minimum absolute atomic E-state index is 0.0659. The zero-order valence-electron chi connectivity index (χ0n) is 79.5. The number of phosphoric ester groups is 2. The third kappa shape index (κ3) is 51.2. The first-order chi connectivity index (χ1) is 58.0. The Balaban J connectivity index is 2.91. The Morgan fingerprint density at radius 2 is 0.699 bits per heavy atom. The molecule has 0 saturated carbocycles. The highest BCUT2D eigenvalue weighted by atomic mass is 31.2. The molecule has 2 amide bonds. The number of rotatable bonds is 72. The van der Waals surface area contributed by atoms with Crippen molar-refractivity contribution < 1.29 is 120 Å². The smallest absolute Gasteiger partial charge is 0.462 e. The van der Waals surface area contributed by atoms with E-state index in [4.69, 9.17) is 42.2 Å². The summed E-state index contributed by atoms with van der Waals surface area (Å²) in [6.07, 6.45) is 5.43. The highest BCUT2D eigenvalue weighted by Crippen LogP contribution is 2.45. The first-order valence-corrected chi connectivity index (χ1v) is 51.5. The van der Waals surface area contributed by atoms with Crippen molar-refractivity contribution in [2.45, 2.75) is 480 Å². The van der Waals surface area contributed by atoms with E-state index in [0.29, 0.717) is 116 Å². The van der Waals surface area contributed by atoms with Gasteiger partial charge in [-0.25, -0.2) is 9.13 Å². The maximum atomic E-state index is 14.9.